The van der Waals surface area contributed by atoms with E-state index in [-0.39, 0.29) is 0 Å². The SMILES string of the molecule is CC(C(=O)O)c1cccc2ccn(CC3CCC3)c12. The molecule has 19 heavy (non-hydrogen) atoms. The second-order valence-corrected chi connectivity index (χ2v) is 5.61. The number of carboxylic acid groups (broad SMARTS) is 1. The van der Waals surface area contributed by atoms with Crippen LogP contribution in [0, 0.1) is 5.92 Å². The third kappa shape index (κ3) is 2.14. The summed E-state index contributed by atoms with van der Waals surface area (Å²) in [4.78, 5) is 11.3. The van der Waals surface area contributed by atoms with E-state index in [1.165, 1.54) is 19.3 Å². The Morgan fingerprint density at radius 3 is 2.84 bits per heavy atom. The van der Waals surface area contributed by atoms with Gasteiger partial charge in [0.2, 0.25) is 0 Å². The highest BCUT2D eigenvalue weighted by Gasteiger charge is 2.21. The maximum absolute atomic E-state index is 11.3. The maximum Gasteiger partial charge on any atom is 0.310 e. The highest BCUT2D eigenvalue weighted by atomic mass is 16.4. The number of benzene rings is 1. The van der Waals surface area contributed by atoms with Gasteiger partial charge >= 0.3 is 5.97 Å². The summed E-state index contributed by atoms with van der Waals surface area (Å²) in [6.45, 7) is 2.78. The quantitative estimate of drug-likeness (QED) is 0.908. The number of para-hydroxylation sites is 1. The van der Waals surface area contributed by atoms with Crippen LogP contribution in [-0.4, -0.2) is 15.6 Å². The summed E-state index contributed by atoms with van der Waals surface area (Å²) in [5.41, 5.74) is 2.03. The van der Waals surface area contributed by atoms with Crippen molar-refractivity contribution in [3.8, 4) is 0 Å². The number of carboxylic acids is 1. The topological polar surface area (TPSA) is 42.2 Å². The van der Waals surface area contributed by atoms with Gasteiger partial charge in [0.1, 0.15) is 0 Å². The fourth-order valence-corrected chi connectivity index (χ4v) is 2.88. The number of rotatable bonds is 4. The fourth-order valence-electron chi connectivity index (χ4n) is 2.88. The molecule has 3 heteroatoms. The van der Waals surface area contributed by atoms with Crippen molar-refractivity contribution < 1.29 is 9.90 Å². The predicted octanol–water partition coefficient (Wildman–Crippen LogP) is 3.63. The van der Waals surface area contributed by atoms with E-state index in [0.717, 1.165) is 28.9 Å². The summed E-state index contributed by atoms with van der Waals surface area (Å²) < 4.78 is 2.24. The van der Waals surface area contributed by atoms with Crippen molar-refractivity contribution >= 4 is 16.9 Å². The van der Waals surface area contributed by atoms with Gasteiger partial charge in [0, 0.05) is 12.7 Å². The van der Waals surface area contributed by atoms with Gasteiger partial charge in [-0.1, -0.05) is 24.6 Å². The molecule has 1 aliphatic carbocycles. The highest BCUT2D eigenvalue weighted by molar-refractivity contribution is 5.88. The minimum atomic E-state index is -0.760. The molecule has 100 valence electrons. The smallest absolute Gasteiger partial charge is 0.310 e. The monoisotopic (exact) mass is 257 g/mol. The molecule has 1 aromatic carbocycles. The summed E-state index contributed by atoms with van der Waals surface area (Å²) in [5.74, 6) is -0.452. The van der Waals surface area contributed by atoms with Crippen molar-refractivity contribution in [1.82, 2.24) is 4.57 Å². The van der Waals surface area contributed by atoms with Gasteiger partial charge in [-0.15, -0.1) is 0 Å². The van der Waals surface area contributed by atoms with Gasteiger partial charge in [-0.3, -0.25) is 4.79 Å². The Bertz CT molecular complexity index is 610. The van der Waals surface area contributed by atoms with Crippen LogP contribution in [0.25, 0.3) is 10.9 Å². The van der Waals surface area contributed by atoms with Crippen LogP contribution in [0.4, 0.5) is 0 Å². The Balaban J connectivity index is 2.05. The van der Waals surface area contributed by atoms with Gasteiger partial charge in [0.25, 0.3) is 0 Å². The van der Waals surface area contributed by atoms with Crippen LogP contribution < -0.4 is 0 Å². The molecule has 0 amide bonds. The second kappa shape index (κ2) is 4.72. The molecule has 0 radical (unpaired) electrons. The molecule has 2 aromatic rings. The average Bonchev–Trinajstić information content (AvgIpc) is 2.76. The molecule has 1 fully saturated rings. The largest absolute Gasteiger partial charge is 0.481 e. The van der Waals surface area contributed by atoms with Crippen LogP contribution >= 0.6 is 0 Å². The lowest BCUT2D eigenvalue weighted by atomic mass is 9.85. The van der Waals surface area contributed by atoms with Gasteiger partial charge in [0.05, 0.1) is 11.4 Å². The standard InChI is InChI=1S/C16H19NO2/c1-11(16(18)19)14-7-3-6-13-8-9-17(15(13)14)10-12-4-2-5-12/h3,6-9,11-12H,2,4-5,10H2,1H3,(H,18,19). The van der Waals surface area contributed by atoms with Crippen LogP contribution in [0.15, 0.2) is 30.5 Å². The molecule has 1 atom stereocenters. The highest BCUT2D eigenvalue weighted by Crippen LogP contribution is 2.32. The lowest BCUT2D eigenvalue weighted by Crippen LogP contribution is -2.18. The molecular formula is C16H19NO2. The first-order valence-electron chi connectivity index (χ1n) is 6.97. The molecule has 0 spiro atoms. The Morgan fingerprint density at radius 2 is 2.21 bits per heavy atom. The number of nitrogens with zero attached hydrogens (tertiary/aromatic N) is 1. The molecular weight excluding hydrogens is 238 g/mol. The predicted molar refractivity (Wildman–Crippen MR) is 75.3 cm³/mol. The van der Waals surface area contributed by atoms with E-state index in [1.807, 2.05) is 12.1 Å². The average molecular weight is 257 g/mol. The molecule has 0 bridgehead atoms. The van der Waals surface area contributed by atoms with E-state index in [1.54, 1.807) is 6.92 Å². The molecule has 3 nitrogen and oxygen atoms in total. The van der Waals surface area contributed by atoms with Crippen molar-refractivity contribution in [3.63, 3.8) is 0 Å². The van der Waals surface area contributed by atoms with Crippen molar-refractivity contribution in [1.29, 1.82) is 0 Å². The van der Waals surface area contributed by atoms with Crippen molar-refractivity contribution in [3.05, 3.63) is 36.0 Å². The Labute approximate surface area is 112 Å². The Kier molecular flexibility index (Phi) is 3.05. The van der Waals surface area contributed by atoms with E-state index in [9.17, 15) is 9.90 Å². The van der Waals surface area contributed by atoms with Crippen molar-refractivity contribution in [2.24, 2.45) is 5.92 Å². The van der Waals surface area contributed by atoms with E-state index in [4.69, 9.17) is 0 Å². The van der Waals surface area contributed by atoms with E-state index < -0.39 is 11.9 Å². The zero-order chi connectivity index (χ0) is 13.4. The van der Waals surface area contributed by atoms with Crippen LogP contribution in [0.1, 0.15) is 37.7 Å². The number of hydrogen-bond donors (Lipinski definition) is 1. The molecule has 1 aromatic heterocycles. The maximum atomic E-state index is 11.3. The molecule has 0 saturated heterocycles. The van der Waals surface area contributed by atoms with Crippen LogP contribution in [0.5, 0.6) is 0 Å². The Hall–Kier alpha value is -1.77. The Morgan fingerprint density at radius 1 is 1.42 bits per heavy atom. The summed E-state index contributed by atoms with van der Waals surface area (Å²) in [6, 6.07) is 8.04. The summed E-state index contributed by atoms with van der Waals surface area (Å²) in [5, 5.41) is 10.4. The minimum absolute atomic E-state index is 0.459. The molecule has 1 aliphatic rings. The first kappa shape index (κ1) is 12.3. The van der Waals surface area contributed by atoms with E-state index in [2.05, 4.69) is 22.9 Å². The zero-order valence-electron chi connectivity index (χ0n) is 11.2. The number of aromatic nitrogens is 1. The zero-order valence-corrected chi connectivity index (χ0v) is 11.2. The molecule has 0 aliphatic heterocycles. The van der Waals surface area contributed by atoms with Gasteiger partial charge in [-0.25, -0.2) is 0 Å². The fraction of sp³-hybridized carbons (Fsp3) is 0.438. The van der Waals surface area contributed by atoms with Crippen molar-refractivity contribution in [2.45, 2.75) is 38.6 Å². The summed E-state index contributed by atoms with van der Waals surface area (Å²) >= 11 is 0. The van der Waals surface area contributed by atoms with Gasteiger partial charge < -0.3 is 9.67 Å². The number of carbonyl (C=O) groups is 1. The molecule has 1 N–H and O–H groups in total. The van der Waals surface area contributed by atoms with Crippen LogP contribution in [-0.2, 0) is 11.3 Å². The summed E-state index contributed by atoms with van der Waals surface area (Å²) in [6.07, 6.45) is 6.04. The third-order valence-electron chi connectivity index (χ3n) is 4.34. The van der Waals surface area contributed by atoms with Crippen molar-refractivity contribution in [2.75, 3.05) is 0 Å². The lowest BCUT2D eigenvalue weighted by Gasteiger charge is -2.26. The van der Waals surface area contributed by atoms with Crippen LogP contribution in [0.2, 0.25) is 0 Å². The first-order chi connectivity index (χ1) is 9.16. The number of aliphatic carboxylic acids is 1. The summed E-state index contributed by atoms with van der Waals surface area (Å²) in [7, 11) is 0. The number of fused-ring (bicyclic) bond motifs is 1. The van der Waals surface area contributed by atoms with Gasteiger partial charge in [-0.2, -0.15) is 0 Å². The first-order valence-corrected chi connectivity index (χ1v) is 6.97. The lowest BCUT2D eigenvalue weighted by molar-refractivity contribution is -0.138. The van der Waals surface area contributed by atoms with E-state index >= 15 is 0 Å². The van der Waals surface area contributed by atoms with Crippen LogP contribution in [0.3, 0.4) is 0 Å². The molecule has 3 rings (SSSR count). The second-order valence-electron chi connectivity index (χ2n) is 5.61. The molecule has 1 heterocycles. The molecule has 1 saturated carbocycles. The third-order valence-corrected chi connectivity index (χ3v) is 4.34. The van der Waals surface area contributed by atoms with Gasteiger partial charge in [0.15, 0.2) is 0 Å². The normalized spacial score (nSPS) is 17.3. The minimum Gasteiger partial charge on any atom is -0.481 e. The molecule has 1 unspecified atom stereocenters. The van der Waals surface area contributed by atoms with E-state index in [0.29, 0.717) is 0 Å². The van der Waals surface area contributed by atoms with Gasteiger partial charge in [-0.05, 0) is 42.7 Å². The number of hydrogen-bond acceptors (Lipinski definition) is 1.